The smallest absolute Gasteiger partial charge is 0.117 e. The monoisotopic (exact) mass is 282 g/mol. The van der Waals surface area contributed by atoms with Crippen LogP contribution in [0.2, 0.25) is 0 Å². The normalized spacial score (nSPS) is 17.5. The molecule has 1 fully saturated rings. The van der Waals surface area contributed by atoms with E-state index in [1.54, 1.807) is 6.26 Å². The first-order chi connectivity index (χ1) is 10.4. The van der Waals surface area contributed by atoms with E-state index in [0.717, 1.165) is 45.0 Å². The summed E-state index contributed by atoms with van der Waals surface area (Å²) < 4.78 is 5.41. The van der Waals surface area contributed by atoms with Crippen molar-refractivity contribution in [2.45, 2.75) is 6.54 Å². The number of furan rings is 1. The molecule has 1 aromatic carbocycles. The predicted molar refractivity (Wildman–Crippen MR) is 85.9 cm³/mol. The van der Waals surface area contributed by atoms with E-state index in [2.05, 4.69) is 58.4 Å². The molecule has 2 aromatic rings. The summed E-state index contributed by atoms with van der Waals surface area (Å²) >= 11 is 0. The average molecular weight is 282 g/mol. The summed E-state index contributed by atoms with van der Waals surface area (Å²) in [7, 11) is 0. The predicted octanol–water partition coefficient (Wildman–Crippen LogP) is 3.11. The van der Waals surface area contributed by atoms with Crippen LogP contribution in [-0.2, 0) is 6.54 Å². The van der Waals surface area contributed by atoms with Gasteiger partial charge in [-0.1, -0.05) is 42.5 Å². The molecule has 0 spiro atoms. The van der Waals surface area contributed by atoms with Crippen molar-refractivity contribution in [3.05, 3.63) is 66.1 Å². The number of hydrogen-bond acceptors (Lipinski definition) is 3. The Hall–Kier alpha value is -1.84. The van der Waals surface area contributed by atoms with E-state index < -0.39 is 0 Å². The largest absolute Gasteiger partial charge is 0.468 e. The number of benzene rings is 1. The maximum absolute atomic E-state index is 5.41. The highest BCUT2D eigenvalue weighted by atomic mass is 16.3. The van der Waals surface area contributed by atoms with Crippen LogP contribution in [0.3, 0.4) is 0 Å². The number of hydrogen-bond donors (Lipinski definition) is 0. The van der Waals surface area contributed by atoms with E-state index >= 15 is 0 Å². The molecular weight excluding hydrogens is 260 g/mol. The Morgan fingerprint density at radius 2 is 1.67 bits per heavy atom. The topological polar surface area (TPSA) is 19.6 Å². The van der Waals surface area contributed by atoms with Crippen molar-refractivity contribution in [1.82, 2.24) is 9.80 Å². The van der Waals surface area contributed by atoms with Crippen LogP contribution >= 0.6 is 0 Å². The summed E-state index contributed by atoms with van der Waals surface area (Å²) in [5.74, 6) is 1.06. The zero-order chi connectivity index (χ0) is 14.3. The highest BCUT2D eigenvalue weighted by molar-refractivity contribution is 5.48. The van der Waals surface area contributed by atoms with Gasteiger partial charge in [-0.05, 0) is 17.7 Å². The molecule has 1 saturated heterocycles. The van der Waals surface area contributed by atoms with Crippen molar-refractivity contribution in [3.8, 4) is 0 Å². The molecule has 0 atom stereocenters. The second-order valence-corrected chi connectivity index (χ2v) is 5.47. The van der Waals surface area contributed by atoms with Gasteiger partial charge in [-0.2, -0.15) is 0 Å². The molecule has 21 heavy (non-hydrogen) atoms. The minimum absolute atomic E-state index is 0.931. The summed E-state index contributed by atoms with van der Waals surface area (Å²) in [5.41, 5.74) is 1.27. The Labute approximate surface area is 126 Å². The Balaban J connectivity index is 1.40. The number of piperazine rings is 1. The lowest BCUT2D eigenvalue weighted by Crippen LogP contribution is -2.45. The molecule has 0 radical (unpaired) electrons. The van der Waals surface area contributed by atoms with Crippen molar-refractivity contribution < 1.29 is 4.42 Å². The van der Waals surface area contributed by atoms with Crippen LogP contribution in [0.4, 0.5) is 0 Å². The van der Waals surface area contributed by atoms with E-state index in [1.807, 2.05) is 6.07 Å². The van der Waals surface area contributed by atoms with Gasteiger partial charge in [0.15, 0.2) is 0 Å². The highest BCUT2D eigenvalue weighted by Gasteiger charge is 2.16. The zero-order valence-corrected chi connectivity index (χ0v) is 12.3. The van der Waals surface area contributed by atoms with E-state index in [0.29, 0.717) is 0 Å². The average Bonchev–Trinajstić information content (AvgIpc) is 3.03. The molecule has 0 amide bonds. The van der Waals surface area contributed by atoms with Crippen LogP contribution in [-0.4, -0.2) is 42.5 Å². The SMILES string of the molecule is C(=C\c1ccccc1)/CN1CCN(Cc2ccco2)CC1. The van der Waals surface area contributed by atoms with Gasteiger partial charge in [-0.25, -0.2) is 0 Å². The quantitative estimate of drug-likeness (QED) is 0.840. The van der Waals surface area contributed by atoms with E-state index in [9.17, 15) is 0 Å². The van der Waals surface area contributed by atoms with Crippen LogP contribution in [0.15, 0.2) is 59.2 Å². The molecule has 0 N–H and O–H groups in total. The first-order valence-electron chi connectivity index (χ1n) is 7.59. The summed E-state index contributed by atoms with van der Waals surface area (Å²) in [6, 6.07) is 14.5. The van der Waals surface area contributed by atoms with Gasteiger partial charge in [0.2, 0.25) is 0 Å². The van der Waals surface area contributed by atoms with Gasteiger partial charge < -0.3 is 4.42 Å². The fraction of sp³-hybridized carbons (Fsp3) is 0.333. The minimum atomic E-state index is 0.931. The summed E-state index contributed by atoms with van der Waals surface area (Å²) in [5, 5.41) is 0. The van der Waals surface area contributed by atoms with E-state index in [4.69, 9.17) is 4.42 Å². The van der Waals surface area contributed by atoms with Crippen molar-refractivity contribution >= 4 is 6.08 Å². The van der Waals surface area contributed by atoms with Crippen LogP contribution in [0.1, 0.15) is 11.3 Å². The van der Waals surface area contributed by atoms with Gasteiger partial charge >= 0.3 is 0 Å². The minimum Gasteiger partial charge on any atom is -0.468 e. The Morgan fingerprint density at radius 3 is 2.38 bits per heavy atom. The Morgan fingerprint density at radius 1 is 0.905 bits per heavy atom. The zero-order valence-electron chi connectivity index (χ0n) is 12.3. The van der Waals surface area contributed by atoms with Gasteiger partial charge in [-0.3, -0.25) is 9.80 Å². The van der Waals surface area contributed by atoms with Gasteiger partial charge in [0, 0.05) is 32.7 Å². The highest BCUT2D eigenvalue weighted by Crippen LogP contribution is 2.09. The van der Waals surface area contributed by atoms with Gasteiger partial charge in [0.25, 0.3) is 0 Å². The molecule has 3 heteroatoms. The molecular formula is C18H22N2O. The van der Waals surface area contributed by atoms with Gasteiger partial charge in [0.1, 0.15) is 5.76 Å². The fourth-order valence-corrected chi connectivity index (χ4v) is 2.65. The molecule has 1 aliphatic rings. The third-order valence-electron chi connectivity index (χ3n) is 3.90. The van der Waals surface area contributed by atoms with Crippen molar-refractivity contribution in [2.24, 2.45) is 0 Å². The van der Waals surface area contributed by atoms with E-state index in [1.165, 1.54) is 5.56 Å². The number of rotatable bonds is 5. The van der Waals surface area contributed by atoms with E-state index in [-0.39, 0.29) is 0 Å². The molecule has 0 unspecified atom stereocenters. The maximum atomic E-state index is 5.41. The standard InChI is InChI=1S/C18H22N2O/c1-2-6-17(7-3-1)8-4-10-19-11-13-20(14-12-19)16-18-9-5-15-21-18/h1-9,15H,10-14,16H2/b8-4+. The molecule has 2 heterocycles. The summed E-state index contributed by atoms with van der Waals surface area (Å²) in [6.07, 6.45) is 6.21. The van der Waals surface area contributed by atoms with Crippen LogP contribution < -0.4 is 0 Å². The maximum Gasteiger partial charge on any atom is 0.117 e. The molecule has 0 saturated carbocycles. The molecule has 1 aromatic heterocycles. The van der Waals surface area contributed by atoms with Crippen LogP contribution in [0, 0.1) is 0 Å². The first-order valence-corrected chi connectivity index (χ1v) is 7.59. The second kappa shape index (κ2) is 7.25. The van der Waals surface area contributed by atoms with Crippen LogP contribution in [0.5, 0.6) is 0 Å². The summed E-state index contributed by atoms with van der Waals surface area (Å²) in [4.78, 5) is 4.95. The Bertz CT molecular complexity index is 540. The molecule has 0 aliphatic carbocycles. The molecule has 110 valence electrons. The fourth-order valence-electron chi connectivity index (χ4n) is 2.65. The first kappa shape index (κ1) is 14.1. The lowest BCUT2D eigenvalue weighted by Gasteiger charge is -2.33. The van der Waals surface area contributed by atoms with Crippen molar-refractivity contribution in [3.63, 3.8) is 0 Å². The lowest BCUT2D eigenvalue weighted by molar-refractivity contribution is 0.130. The molecule has 3 rings (SSSR count). The molecule has 3 nitrogen and oxygen atoms in total. The van der Waals surface area contributed by atoms with Crippen LogP contribution in [0.25, 0.3) is 6.08 Å². The third kappa shape index (κ3) is 4.31. The lowest BCUT2D eigenvalue weighted by atomic mass is 10.2. The number of nitrogens with zero attached hydrogens (tertiary/aromatic N) is 2. The van der Waals surface area contributed by atoms with Gasteiger partial charge in [0.05, 0.1) is 12.8 Å². The Kier molecular flexibility index (Phi) is 4.87. The summed E-state index contributed by atoms with van der Waals surface area (Å²) in [6.45, 7) is 6.43. The second-order valence-electron chi connectivity index (χ2n) is 5.47. The van der Waals surface area contributed by atoms with Gasteiger partial charge in [-0.15, -0.1) is 0 Å². The van der Waals surface area contributed by atoms with Crippen molar-refractivity contribution in [2.75, 3.05) is 32.7 Å². The van der Waals surface area contributed by atoms with Crippen molar-refractivity contribution in [1.29, 1.82) is 0 Å². The molecule has 1 aliphatic heterocycles. The molecule has 0 bridgehead atoms. The third-order valence-corrected chi connectivity index (χ3v) is 3.90.